The highest BCUT2D eigenvalue weighted by atomic mass is 32.1. The highest BCUT2D eigenvalue weighted by Crippen LogP contribution is 2.30. The first-order valence-electron chi connectivity index (χ1n) is 9.05. The molecule has 1 saturated carbocycles. The van der Waals surface area contributed by atoms with Crippen molar-refractivity contribution in [3.63, 3.8) is 0 Å². The number of carbonyl (C=O) groups excluding carboxylic acids is 2. The molecule has 0 spiro atoms. The molecular formula is C20H24N2O3S. The Balaban J connectivity index is 1.70. The van der Waals surface area contributed by atoms with E-state index in [-0.39, 0.29) is 11.9 Å². The average Bonchev–Trinajstić information content (AvgIpc) is 3.41. The number of aryl methyl sites for hydroxylation is 1. The molecule has 26 heavy (non-hydrogen) atoms. The predicted molar refractivity (Wildman–Crippen MR) is 101 cm³/mol. The average molecular weight is 372 g/mol. The van der Waals surface area contributed by atoms with E-state index in [2.05, 4.69) is 11.9 Å². The van der Waals surface area contributed by atoms with E-state index < -0.39 is 5.97 Å². The van der Waals surface area contributed by atoms with E-state index in [9.17, 15) is 9.59 Å². The molecule has 3 rings (SSSR count). The molecule has 1 fully saturated rings. The zero-order chi connectivity index (χ0) is 18.5. The van der Waals surface area contributed by atoms with Gasteiger partial charge in [0.05, 0.1) is 13.7 Å². The maximum Gasteiger partial charge on any atom is 0.357 e. The van der Waals surface area contributed by atoms with Crippen molar-refractivity contribution in [2.45, 2.75) is 51.6 Å². The number of ether oxygens (including phenoxy) is 1. The van der Waals surface area contributed by atoms with Gasteiger partial charge >= 0.3 is 5.97 Å². The van der Waals surface area contributed by atoms with Crippen molar-refractivity contribution in [3.8, 4) is 0 Å². The third-order valence-electron chi connectivity index (χ3n) is 4.52. The summed E-state index contributed by atoms with van der Waals surface area (Å²) in [6, 6.07) is 8.21. The highest BCUT2D eigenvalue weighted by Gasteiger charge is 2.33. The van der Waals surface area contributed by atoms with Crippen LogP contribution in [0.5, 0.6) is 0 Å². The number of thiazole rings is 1. The number of methoxy groups -OCH3 is 1. The number of hydrogen-bond acceptors (Lipinski definition) is 5. The Morgan fingerprint density at radius 3 is 2.62 bits per heavy atom. The standard InChI is InChI=1S/C20H24N2O3S/c1-3-4-5-14-6-8-15(9-7-14)19(23)22(16-10-11-16)12-18-21-17(13-26-18)20(24)25-2/h6-9,13,16H,3-5,10-12H2,1-2H3. The first kappa shape index (κ1) is 18.6. The van der Waals surface area contributed by atoms with Gasteiger partial charge < -0.3 is 9.64 Å². The second-order valence-electron chi connectivity index (χ2n) is 6.58. The van der Waals surface area contributed by atoms with Gasteiger partial charge in [-0.25, -0.2) is 9.78 Å². The molecule has 0 aliphatic heterocycles. The van der Waals surface area contributed by atoms with Crippen LogP contribution in [0, 0.1) is 0 Å². The number of unbranched alkanes of at least 4 members (excludes halogenated alkanes) is 1. The summed E-state index contributed by atoms with van der Waals surface area (Å²) < 4.78 is 4.69. The summed E-state index contributed by atoms with van der Waals surface area (Å²) in [5.41, 5.74) is 2.28. The van der Waals surface area contributed by atoms with Crippen LogP contribution in [0.4, 0.5) is 0 Å². The lowest BCUT2D eigenvalue weighted by Crippen LogP contribution is -2.32. The van der Waals surface area contributed by atoms with Gasteiger partial charge in [0.1, 0.15) is 5.01 Å². The van der Waals surface area contributed by atoms with E-state index in [0.29, 0.717) is 17.8 Å². The van der Waals surface area contributed by atoms with Crippen LogP contribution in [0.25, 0.3) is 0 Å². The van der Waals surface area contributed by atoms with E-state index >= 15 is 0 Å². The molecule has 0 unspecified atom stereocenters. The topological polar surface area (TPSA) is 59.5 Å². The van der Waals surface area contributed by atoms with Gasteiger partial charge in [-0.1, -0.05) is 25.5 Å². The second-order valence-corrected chi connectivity index (χ2v) is 7.53. The first-order valence-corrected chi connectivity index (χ1v) is 9.93. The lowest BCUT2D eigenvalue weighted by molar-refractivity contribution is 0.0594. The van der Waals surface area contributed by atoms with Crippen molar-refractivity contribution in [2.24, 2.45) is 0 Å². The van der Waals surface area contributed by atoms with Gasteiger partial charge in [0, 0.05) is 17.0 Å². The number of carbonyl (C=O) groups is 2. The number of amides is 1. The maximum absolute atomic E-state index is 13.0. The fraction of sp³-hybridized carbons (Fsp3) is 0.450. The molecule has 0 atom stereocenters. The molecule has 6 heteroatoms. The number of benzene rings is 1. The van der Waals surface area contributed by atoms with Crippen LogP contribution in [0.3, 0.4) is 0 Å². The lowest BCUT2D eigenvalue weighted by atomic mass is 10.1. The van der Waals surface area contributed by atoms with Crippen LogP contribution in [0.1, 0.15) is 64.0 Å². The van der Waals surface area contributed by atoms with Crippen LogP contribution in [0.15, 0.2) is 29.6 Å². The van der Waals surface area contributed by atoms with E-state index in [4.69, 9.17) is 4.74 Å². The molecule has 0 saturated heterocycles. The molecule has 1 aliphatic rings. The van der Waals surface area contributed by atoms with E-state index in [1.165, 1.54) is 24.0 Å². The van der Waals surface area contributed by atoms with Crippen molar-refractivity contribution >= 4 is 23.2 Å². The van der Waals surface area contributed by atoms with E-state index in [1.54, 1.807) is 5.38 Å². The summed E-state index contributed by atoms with van der Waals surface area (Å²) in [5, 5.41) is 2.43. The third-order valence-corrected chi connectivity index (χ3v) is 5.35. The Morgan fingerprint density at radius 2 is 2.00 bits per heavy atom. The molecule has 1 aromatic heterocycles. The van der Waals surface area contributed by atoms with Gasteiger partial charge in [-0.05, 0) is 43.4 Å². The van der Waals surface area contributed by atoms with Crippen LogP contribution >= 0.6 is 11.3 Å². The quantitative estimate of drug-likeness (QED) is 0.655. The van der Waals surface area contributed by atoms with Gasteiger partial charge in [0.25, 0.3) is 5.91 Å². The number of nitrogens with zero attached hydrogens (tertiary/aromatic N) is 2. The summed E-state index contributed by atoms with van der Waals surface area (Å²) in [6.07, 6.45) is 5.42. The molecule has 138 valence electrons. The van der Waals surface area contributed by atoms with Gasteiger partial charge in [0.2, 0.25) is 0 Å². The number of aromatic nitrogens is 1. The Bertz CT molecular complexity index is 766. The number of hydrogen-bond donors (Lipinski definition) is 0. The fourth-order valence-electron chi connectivity index (χ4n) is 2.84. The SMILES string of the molecule is CCCCc1ccc(C(=O)N(Cc2nc(C(=O)OC)cs2)C2CC2)cc1. The summed E-state index contributed by atoms with van der Waals surface area (Å²) >= 11 is 1.39. The molecule has 0 N–H and O–H groups in total. The van der Waals surface area contributed by atoms with Crippen molar-refractivity contribution in [1.29, 1.82) is 0 Å². The Kier molecular flexibility index (Phi) is 6.04. The van der Waals surface area contributed by atoms with Crippen LogP contribution in [-0.2, 0) is 17.7 Å². The van der Waals surface area contributed by atoms with Crippen molar-refractivity contribution in [1.82, 2.24) is 9.88 Å². The number of esters is 1. The van der Waals surface area contributed by atoms with Gasteiger partial charge in [0.15, 0.2) is 5.69 Å². The molecule has 5 nitrogen and oxygen atoms in total. The van der Waals surface area contributed by atoms with Gasteiger partial charge in [-0.15, -0.1) is 11.3 Å². The van der Waals surface area contributed by atoms with E-state index in [0.717, 1.165) is 37.1 Å². The third kappa shape index (κ3) is 4.49. The molecule has 1 heterocycles. The minimum atomic E-state index is -0.445. The van der Waals surface area contributed by atoms with Crippen molar-refractivity contribution < 1.29 is 14.3 Å². The zero-order valence-electron chi connectivity index (χ0n) is 15.2. The van der Waals surface area contributed by atoms with Crippen LogP contribution < -0.4 is 0 Å². The Morgan fingerprint density at radius 1 is 1.27 bits per heavy atom. The minimum Gasteiger partial charge on any atom is -0.464 e. The molecule has 0 bridgehead atoms. The van der Waals surface area contributed by atoms with Gasteiger partial charge in [-0.2, -0.15) is 0 Å². The normalized spacial score (nSPS) is 13.5. The molecule has 1 amide bonds. The largest absolute Gasteiger partial charge is 0.464 e. The Labute approximate surface area is 158 Å². The van der Waals surface area contributed by atoms with Crippen LogP contribution in [-0.4, -0.2) is 34.9 Å². The predicted octanol–water partition coefficient (Wildman–Crippen LogP) is 4.08. The molecule has 1 aromatic carbocycles. The zero-order valence-corrected chi connectivity index (χ0v) is 16.1. The highest BCUT2D eigenvalue weighted by molar-refractivity contribution is 7.09. The fourth-order valence-corrected chi connectivity index (χ4v) is 3.60. The smallest absolute Gasteiger partial charge is 0.357 e. The van der Waals surface area contributed by atoms with E-state index in [1.807, 2.05) is 29.2 Å². The first-order chi connectivity index (χ1) is 12.6. The summed E-state index contributed by atoms with van der Waals surface area (Å²) in [4.78, 5) is 30.7. The van der Waals surface area contributed by atoms with Gasteiger partial charge in [-0.3, -0.25) is 4.79 Å². The molecule has 1 aliphatic carbocycles. The summed E-state index contributed by atoms with van der Waals surface area (Å²) in [5.74, 6) is -0.413. The second kappa shape index (κ2) is 8.45. The number of rotatable bonds is 8. The molecule has 2 aromatic rings. The summed E-state index contributed by atoms with van der Waals surface area (Å²) in [6.45, 7) is 2.61. The molecular weight excluding hydrogens is 348 g/mol. The Hall–Kier alpha value is -2.21. The summed E-state index contributed by atoms with van der Waals surface area (Å²) in [7, 11) is 1.34. The van der Waals surface area contributed by atoms with Crippen LogP contribution in [0.2, 0.25) is 0 Å². The molecule has 0 radical (unpaired) electrons. The minimum absolute atomic E-state index is 0.0318. The maximum atomic E-state index is 13.0. The lowest BCUT2D eigenvalue weighted by Gasteiger charge is -2.21. The van der Waals surface area contributed by atoms with Crippen molar-refractivity contribution in [2.75, 3.05) is 7.11 Å². The monoisotopic (exact) mass is 372 g/mol. The van der Waals surface area contributed by atoms with Crippen molar-refractivity contribution in [3.05, 3.63) is 51.5 Å².